The Hall–Kier alpha value is -0.220. The molecule has 0 amide bonds. The number of thioether (sulfide) groups is 1. The lowest BCUT2D eigenvalue weighted by Gasteiger charge is -2.10. The van der Waals surface area contributed by atoms with E-state index in [0.29, 0.717) is 5.37 Å². The summed E-state index contributed by atoms with van der Waals surface area (Å²) >= 11 is 1.76. The lowest BCUT2D eigenvalue weighted by molar-refractivity contribution is -0.138. The average Bonchev–Trinajstić information content (AvgIpc) is 2.81. The summed E-state index contributed by atoms with van der Waals surface area (Å²) in [6, 6.07) is -0.325. The molecule has 0 saturated carbocycles. The smallest absolute Gasteiger partial charge is 0.321 e. The maximum absolute atomic E-state index is 10.8. The minimum Gasteiger partial charge on any atom is -0.480 e. The SMILES string of the molecule is CCCCCCCCCCC1N[C@H](C(=O)O)CS1. The van der Waals surface area contributed by atoms with Gasteiger partial charge in [0.15, 0.2) is 0 Å². The Morgan fingerprint density at radius 3 is 2.33 bits per heavy atom. The topological polar surface area (TPSA) is 49.3 Å². The second kappa shape index (κ2) is 9.68. The number of carbonyl (C=O) groups is 1. The van der Waals surface area contributed by atoms with Crippen molar-refractivity contribution < 1.29 is 9.90 Å². The molecule has 2 atom stereocenters. The minimum atomic E-state index is -0.707. The van der Waals surface area contributed by atoms with Crippen molar-refractivity contribution in [3.05, 3.63) is 0 Å². The van der Waals surface area contributed by atoms with Gasteiger partial charge in [0.25, 0.3) is 0 Å². The summed E-state index contributed by atoms with van der Waals surface area (Å²) in [6.07, 6.45) is 11.8. The van der Waals surface area contributed by atoms with Crippen molar-refractivity contribution in [2.45, 2.75) is 76.1 Å². The predicted molar refractivity (Wildman–Crippen MR) is 78.0 cm³/mol. The standard InChI is InChI=1S/C14H27NO2S/c1-2-3-4-5-6-7-8-9-10-13-15-12(11-18-13)14(16)17/h12-13,15H,2-11H2,1H3,(H,16,17)/t12-,13?/m0/s1. The molecule has 0 bridgehead atoms. The number of unbranched alkanes of at least 4 members (excludes halogenated alkanes) is 7. The van der Waals surface area contributed by atoms with Crippen LogP contribution < -0.4 is 5.32 Å². The van der Waals surface area contributed by atoms with Crippen molar-refractivity contribution in [1.82, 2.24) is 5.32 Å². The summed E-state index contributed by atoms with van der Waals surface area (Å²) in [5.41, 5.74) is 0. The zero-order valence-corrected chi connectivity index (χ0v) is 12.3. The molecule has 2 N–H and O–H groups in total. The Bertz CT molecular complexity index is 236. The summed E-state index contributed by atoms with van der Waals surface area (Å²) < 4.78 is 0. The third-order valence-corrected chi connectivity index (χ3v) is 4.77. The van der Waals surface area contributed by atoms with Crippen molar-refractivity contribution in [2.24, 2.45) is 0 Å². The third kappa shape index (κ3) is 6.64. The van der Waals surface area contributed by atoms with E-state index in [1.807, 2.05) is 0 Å². The first-order chi connectivity index (χ1) is 8.74. The van der Waals surface area contributed by atoms with Crippen LogP contribution in [0.5, 0.6) is 0 Å². The number of rotatable bonds is 10. The highest BCUT2D eigenvalue weighted by Crippen LogP contribution is 2.23. The van der Waals surface area contributed by atoms with Gasteiger partial charge in [0.1, 0.15) is 6.04 Å². The molecule has 0 aliphatic carbocycles. The molecule has 0 aromatic carbocycles. The first-order valence-electron chi connectivity index (χ1n) is 7.34. The van der Waals surface area contributed by atoms with E-state index in [1.165, 1.54) is 51.4 Å². The second-order valence-electron chi connectivity index (χ2n) is 5.14. The Kier molecular flexibility index (Phi) is 8.51. The predicted octanol–water partition coefficient (Wildman–Crippen LogP) is 3.63. The summed E-state index contributed by atoms with van der Waals surface area (Å²) in [5.74, 6) is 0.0118. The monoisotopic (exact) mass is 273 g/mol. The van der Waals surface area contributed by atoms with Gasteiger partial charge < -0.3 is 5.11 Å². The Balaban J connectivity index is 1.88. The van der Waals surface area contributed by atoms with E-state index >= 15 is 0 Å². The van der Waals surface area contributed by atoms with Crippen molar-refractivity contribution in [2.75, 3.05) is 5.75 Å². The molecular formula is C14H27NO2S. The number of hydrogen-bond donors (Lipinski definition) is 2. The van der Waals surface area contributed by atoms with Gasteiger partial charge in [0, 0.05) is 5.75 Å². The molecule has 0 radical (unpaired) electrons. The summed E-state index contributed by atoms with van der Waals surface area (Å²) in [7, 11) is 0. The maximum atomic E-state index is 10.8. The van der Waals surface area contributed by atoms with E-state index in [9.17, 15) is 4.79 Å². The number of hydrogen-bond acceptors (Lipinski definition) is 3. The van der Waals surface area contributed by atoms with Crippen molar-refractivity contribution in [3.63, 3.8) is 0 Å². The van der Waals surface area contributed by atoms with Crippen LogP contribution in [0.25, 0.3) is 0 Å². The molecular weight excluding hydrogens is 246 g/mol. The molecule has 18 heavy (non-hydrogen) atoms. The molecule has 106 valence electrons. The van der Waals surface area contributed by atoms with Gasteiger partial charge in [-0.3, -0.25) is 10.1 Å². The van der Waals surface area contributed by atoms with E-state index in [-0.39, 0.29) is 6.04 Å². The van der Waals surface area contributed by atoms with Gasteiger partial charge in [-0.15, -0.1) is 11.8 Å². The molecule has 0 spiro atoms. The third-order valence-electron chi connectivity index (χ3n) is 3.47. The molecule has 1 aliphatic rings. The van der Waals surface area contributed by atoms with Gasteiger partial charge in [-0.2, -0.15) is 0 Å². The normalized spacial score (nSPS) is 23.4. The van der Waals surface area contributed by atoms with E-state index in [0.717, 1.165) is 12.2 Å². The quantitative estimate of drug-likeness (QED) is 0.597. The molecule has 1 rings (SSSR count). The largest absolute Gasteiger partial charge is 0.480 e. The fourth-order valence-corrected chi connectivity index (χ4v) is 3.56. The van der Waals surface area contributed by atoms with Crippen LogP contribution in [0.4, 0.5) is 0 Å². The van der Waals surface area contributed by atoms with Crippen LogP contribution in [0.3, 0.4) is 0 Å². The van der Waals surface area contributed by atoms with E-state index in [4.69, 9.17) is 5.11 Å². The van der Waals surface area contributed by atoms with Gasteiger partial charge in [0.2, 0.25) is 0 Å². The molecule has 0 aromatic rings. The average molecular weight is 273 g/mol. The second-order valence-corrected chi connectivity index (χ2v) is 6.38. The summed E-state index contributed by atoms with van der Waals surface area (Å²) in [6.45, 7) is 2.25. The summed E-state index contributed by atoms with van der Waals surface area (Å²) in [5, 5.41) is 12.4. The summed E-state index contributed by atoms with van der Waals surface area (Å²) in [4.78, 5) is 10.8. The van der Waals surface area contributed by atoms with Crippen LogP contribution in [0, 0.1) is 0 Å². The molecule has 1 fully saturated rings. The van der Waals surface area contributed by atoms with Crippen LogP contribution in [0.2, 0.25) is 0 Å². The Labute approximate surface area is 115 Å². The number of carboxylic acid groups (broad SMARTS) is 1. The minimum absolute atomic E-state index is 0.325. The molecule has 3 nitrogen and oxygen atoms in total. The Morgan fingerprint density at radius 1 is 1.17 bits per heavy atom. The zero-order chi connectivity index (χ0) is 13.2. The first-order valence-corrected chi connectivity index (χ1v) is 8.39. The van der Waals surface area contributed by atoms with Gasteiger partial charge >= 0.3 is 5.97 Å². The lowest BCUT2D eigenvalue weighted by Crippen LogP contribution is -2.36. The molecule has 1 heterocycles. The first kappa shape index (κ1) is 15.8. The van der Waals surface area contributed by atoms with E-state index in [1.54, 1.807) is 11.8 Å². The maximum Gasteiger partial charge on any atom is 0.321 e. The van der Waals surface area contributed by atoms with Crippen LogP contribution in [0.1, 0.15) is 64.7 Å². The van der Waals surface area contributed by atoms with Crippen molar-refractivity contribution in [1.29, 1.82) is 0 Å². The lowest BCUT2D eigenvalue weighted by atomic mass is 10.1. The fourth-order valence-electron chi connectivity index (χ4n) is 2.31. The number of nitrogens with one attached hydrogen (secondary N) is 1. The number of aliphatic carboxylic acids is 1. The van der Waals surface area contributed by atoms with Gasteiger partial charge in [-0.05, 0) is 6.42 Å². The molecule has 0 aromatic heterocycles. The van der Waals surface area contributed by atoms with Crippen molar-refractivity contribution in [3.8, 4) is 0 Å². The van der Waals surface area contributed by atoms with Gasteiger partial charge in [0.05, 0.1) is 5.37 Å². The number of carboxylic acids is 1. The molecule has 4 heteroatoms. The highest BCUT2D eigenvalue weighted by atomic mass is 32.2. The van der Waals surface area contributed by atoms with Crippen molar-refractivity contribution >= 4 is 17.7 Å². The van der Waals surface area contributed by atoms with Crippen LogP contribution in [-0.4, -0.2) is 28.2 Å². The molecule has 1 unspecified atom stereocenters. The zero-order valence-electron chi connectivity index (χ0n) is 11.5. The van der Waals surface area contributed by atoms with E-state index < -0.39 is 5.97 Å². The van der Waals surface area contributed by atoms with Crippen LogP contribution >= 0.6 is 11.8 Å². The highest BCUT2D eigenvalue weighted by Gasteiger charge is 2.28. The molecule has 1 saturated heterocycles. The fraction of sp³-hybridized carbons (Fsp3) is 0.929. The van der Waals surface area contributed by atoms with Gasteiger partial charge in [-0.25, -0.2) is 0 Å². The van der Waals surface area contributed by atoms with E-state index in [2.05, 4.69) is 12.2 Å². The highest BCUT2D eigenvalue weighted by molar-refractivity contribution is 8.00. The molecule has 1 aliphatic heterocycles. The Morgan fingerprint density at radius 2 is 1.78 bits per heavy atom. The van der Waals surface area contributed by atoms with Gasteiger partial charge in [-0.1, -0.05) is 58.3 Å². The van der Waals surface area contributed by atoms with Crippen LogP contribution in [0.15, 0.2) is 0 Å². The van der Waals surface area contributed by atoms with Crippen LogP contribution in [-0.2, 0) is 4.79 Å².